The molecule has 2 heterocycles. The molecule has 0 radical (unpaired) electrons. The molecule has 0 aromatic carbocycles. The molecule has 0 unspecified atom stereocenters. The van der Waals surface area contributed by atoms with Gasteiger partial charge in [0.25, 0.3) is 0 Å². The number of anilines is 1. The van der Waals surface area contributed by atoms with Gasteiger partial charge in [-0.1, -0.05) is 11.3 Å². The van der Waals surface area contributed by atoms with Crippen molar-refractivity contribution in [3.05, 3.63) is 27.4 Å². The van der Waals surface area contributed by atoms with E-state index in [0.717, 1.165) is 11.7 Å². The van der Waals surface area contributed by atoms with E-state index in [9.17, 15) is 0 Å². The second-order valence-corrected chi connectivity index (χ2v) is 4.46. The summed E-state index contributed by atoms with van der Waals surface area (Å²) in [6, 6.07) is 2.13. The van der Waals surface area contributed by atoms with Gasteiger partial charge in [-0.05, 0) is 23.9 Å². The molecule has 0 amide bonds. The van der Waals surface area contributed by atoms with Crippen LogP contribution in [0.2, 0.25) is 0 Å². The minimum atomic E-state index is 0.846. The fourth-order valence-electron chi connectivity index (χ4n) is 0.991. The predicted molar refractivity (Wildman–Crippen MR) is 56.3 cm³/mol. The zero-order valence-corrected chi connectivity index (χ0v) is 8.78. The zero-order chi connectivity index (χ0) is 9.10. The fraction of sp³-hybridized carbons (Fsp3) is 0.250. The van der Waals surface area contributed by atoms with Crippen LogP contribution in [0.1, 0.15) is 10.4 Å². The molecular formula is C8H9N3S2. The van der Waals surface area contributed by atoms with Crippen LogP contribution in [0, 0.1) is 6.92 Å². The van der Waals surface area contributed by atoms with Crippen molar-refractivity contribution in [3.8, 4) is 0 Å². The van der Waals surface area contributed by atoms with Gasteiger partial charge in [-0.2, -0.15) is 0 Å². The quantitative estimate of drug-likeness (QED) is 0.847. The Morgan fingerprint density at radius 3 is 3.00 bits per heavy atom. The molecule has 0 aliphatic carbocycles. The van der Waals surface area contributed by atoms with Crippen molar-refractivity contribution in [2.75, 3.05) is 5.32 Å². The zero-order valence-electron chi connectivity index (χ0n) is 7.15. The molecule has 0 saturated carbocycles. The van der Waals surface area contributed by atoms with Crippen LogP contribution in [0.25, 0.3) is 0 Å². The summed E-state index contributed by atoms with van der Waals surface area (Å²) < 4.78 is 0. The minimum Gasteiger partial charge on any atom is -0.355 e. The van der Waals surface area contributed by atoms with E-state index in [-0.39, 0.29) is 0 Å². The average Bonchev–Trinajstić information content (AvgIpc) is 2.72. The van der Waals surface area contributed by atoms with E-state index in [2.05, 4.69) is 33.9 Å². The summed E-state index contributed by atoms with van der Waals surface area (Å²) in [7, 11) is 0. The molecule has 1 N–H and O–H groups in total. The van der Waals surface area contributed by atoms with Crippen LogP contribution in [0.3, 0.4) is 0 Å². The Kier molecular flexibility index (Phi) is 2.56. The molecule has 0 atom stereocenters. The van der Waals surface area contributed by atoms with Crippen molar-refractivity contribution in [2.45, 2.75) is 13.5 Å². The molecule has 0 fully saturated rings. The van der Waals surface area contributed by atoms with Gasteiger partial charge in [0.2, 0.25) is 5.13 Å². The predicted octanol–water partition coefficient (Wildman–Crippen LogP) is 2.52. The van der Waals surface area contributed by atoms with Crippen molar-refractivity contribution in [1.82, 2.24) is 10.2 Å². The largest absolute Gasteiger partial charge is 0.355 e. The number of rotatable bonds is 3. The molecular weight excluding hydrogens is 202 g/mol. The van der Waals surface area contributed by atoms with Crippen LogP contribution in [0.15, 0.2) is 17.0 Å². The lowest BCUT2D eigenvalue weighted by molar-refractivity contribution is 1.06. The summed E-state index contributed by atoms with van der Waals surface area (Å²) in [6.07, 6.45) is 0. The summed E-state index contributed by atoms with van der Waals surface area (Å²) in [6.45, 7) is 2.96. The normalized spacial score (nSPS) is 10.2. The van der Waals surface area contributed by atoms with Gasteiger partial charge in [-0.15, -0.1) is 21.5 Å². The number of nitrogens with one attached hydrogen (secondary N) is 1. The summed E-state index contributed by atoms with van der Waals surface area (Å²) in [5, 5.41) is 13.9. The van der Waals surface area contributed by atoms with Crippen LogP contribution in [-0.4, -0.2) is 10.2 Å². The number of hydrogen-bond donors (Lipinski definition) is 1. The first-order chi connectivity index (χ1) is 6.36. The van der Waals surface area contributed by atoms with Gasteiger partial charge in [0.1, 0.15) is 5.51 Å². The Balaban J connectivity index is 1.97. The number of aromatic nitrogens is 2. The fourth-order valence-corrected chi connectivity index (χ4v) is 2.28. The summed E-state index contributed by atoms with van der Waals surface area (Å²) >= 11 is 3.29. The Morgan fingerprint density at radius 1 is 1.46 bits per heavy atom. The molecule has 0 aliphatic heterocycles. The van der Waals surface area contributed by atoms with Crippen molar-refractivity contribution < 1.29 is 0 Å². The van der Waals surface area contributed by atoms with Crippen LogP contribution < -0.4 is 5.32 Å². The molecule has 2 aromatic rings. The molecule has 3 nitrogen and oxygen atoms in total. The number of nitrogens with zero attached hydrogens (tertiary/aromatic N) is 2. The summed E-state index contributed by atoms with van der Waals surface area (Å²) in [5.74, 6) is 0. The van der Waals surface area contributed by atoms with Gasteiger partial charge in [0.15, 0.2) is 0 Å². The van der Waals surface area contributed by atoms with E-state index in [0.29, 0.717) is 0 Å². The molecule has 13 heavy (non-hydrogen) atoms. The van der Waals surface area contributed by atoms with Crippen LogP contribution >= 0.6 is 22.7 Å². The highest BCUT2D eigenvalue weighted by Gasteiger charge is 2.00. The molecule has 2 rings (SSSR count). The van der Waals surface area contributed by atoms with Gasteiger partial charge < -0.3 is 5.32 Å². The van der Waals surface area contributed by atoms with E-state index < -0.39 is 0 Å². The third-order valence-electron chi connectivity index (χ3n) is 1.73. The summed E-state index contributed by atoms with van der Waals surface area (Å²) in [4.78, 5) is 1.36. The highest BCUT2D eigenvalue weighted by molar-refractivity contribution is 7.13. The van der Waals surface area contributed by atoms with Crippen LogP contribution in [-0.2, 0) is 6.54 Å². The van der Waals surface area contributed by atoms with E-state index in [4.69, 9.17) is 0 Å². The SMILES string of the molecule is Cc1ccsc1CNc1nncs1. The standard InChI is InChI=1S/C8H9N3S2/c1-6-2-3-12-7(6)4-9-8-11-10-5-13-8/h2-3,5H,4H2,1H3,(H,9,11). The lowest BCUT2D eigenvalue weighted by Gasteiger charge is -1.99. The van der Waals surface area contributed by atoms with Crippen LogP contribution in [0.5, 0.6) is 0 Å². The van der Waals surface area contributed by atoms with Crippen molar-refractivity contribution >= 4 is 27.8 Å². The Labute approximate surface area is 84.5 Å². The van der Waals surface area contributed by atoms with E-state index in [1.807, 2.05) is 0 Å². The number of aryl methyl sites for hydroxylation is 1. The lowest BCUT2D eigenvalue weighted by atomic mass is 10.3. The average molecular weight is 211 g/mol. The summed E-state index contributed by atoms with van der Waals surface area (Å²) in [5.41, 5.74) is 3.06. The third-order valence-corrected chi connectivity index (χ3v) is 3.40. The van der Waals surface area contributed by atoms with Crippen LogP contribution in [0.4, 0.5) is 5.13 Å². The first kappa shape index (κ1) is 8.65. The molecule has 0 bridgehead atoms. The van der Waals surface area contributed by atoms with Gasteiger partial charge in [0.05, 0.1) is 6.54 Å². The van der Waals surface area contributed by atoms with E-state index in [1.165, 1.54) is 21.8 Å². The van der Waals surface area contributed by atoms with Crippen molar-refractivity contribution in [2.24, 2.45) is 0 Å². The highest BCUT2D eigenvalue weighted by atomic mass is 32.1. The maximum absolute atomic E-state index is 3.91. The number of thiophene rings is 1. The molecule has 0 aliphatic rings. The smallest absolute Gasteiger partial charge is 0.205 e. The van der Waals surface area contributed by atoms with Crippen molar-refractivity contribution in [3.63, 3.8) is 0 Å². The maximum Gasteiger partial charge on any atom is 0.205 e. The van der Waals surface area contributed by atoms with Gasteiger partial charge in [-0.25, -0.2) is 0 Å². The molecule has 68 valence electrons. The van der Waals surface area contributed by atoms with Crippen molar-refractivity contribution in [1.29, 1.82) is 0 Å². The van der Waals surface area contributed by atoms with E-state index in [1.54, 1.807) is 16.8 Å². The topological polar surface area (TPSA) is 37.8 Å². The highest BCUT2D eigenvalue weighted by Crippen LogP contribution is 2.17. The second kappa shape index (κ2) is 3.85. The Bertz CT molecular complexity index is 366. The first-order valence-corrected chi connectivity index (χ1v) is 5.65. The minimum absolute atomic E-state index is 0.846. The Hall–Kier alpha value is -0.940. The molecule has 5 heteroatoms. The lowest BCUT2D eigenvalue weighted by Crippen LogP contribution is -1.97. The second-order valence-electron chi connectivity index (χ2n) is 2.62. The third kappa shape index (κ3) is 2.05. The Morgan fingerprint density at radius 2 is 2.38 bits per heavy atom. The van der Waals surface area contributed by atoms with Gasteiger partial charge in [-0.3, -0.25) is 0 Å². The molecule has 0 saturated heterocycles. The van der Waals surface area contributed by atoms with Gasteiger partial charge >= 0.3 is 0 Å². The van der Waals surface area contributed by atoms with E-state index >= 15 is 0 Å². The number of hydrogen-bond acceptors (Lipinski definition) is 5. The molecule has 2 aromatic heterocycles. The van der Waals surface area contributed by atoms with Gasteiger partial charge in [0, 0.05) is 4.88 Å². The molecule has 0 spiro atoms. The maximum atomic E-state index is 3.91. The first-order valence-electron chi connectivity index (χ1n) is 3.89. The monoisotopic (exact) mass is 211 g/mol.